The van der Waals surface area contributed by atoms with E-state index < -0.39 is 5.63 Å². The van der Waals surface area contributed by atoms with Crippen molar-refractivity contribution in [1.82, 2.24) is 0 Å². The Kier molecular flexibility index (Phi) is 1.77. The maximum atomic E-state index is 11.2. The summed E-state index contributed by atoms with van der Waals surface area (Å²) in [5.41, 5.74) is 0.760. The Balaban J connectivity index is 2.60. The van der Waals surface area contributed by atoms with Gasteiger partial charge in [-0.3, -0.25) is 0 Å². The molecule has 0 atom stereocenters. The molecule has 3 rings (SSSR count). The number of benzene rings is 1. The molecule has 80 valence electrons. The van der Waals surface area contributed by atoms with E-state index in [-0.39, 0.29) is 0 Å². The van der Waals surface area contributed by atoms with E-state index in [1.807, 2.05) is 6.07 Å². The van der Waals surface area contributed by atoms with Crippen LogP contribution in [-0.4, -0.2) is 7.11 Å². The zero-order valence-corrected chi connectivity index (χ0v) is 8.52. The Bertz CT molecular complexity index is 721. The average Bonchev–Trinajstić information content (AvgIpc) is 2.73. The van der Waals surface area contributed by atoms with E-state index >= 15 is 0 Å². The van der Waals surface area contributed by atoms with Crippen molar-refractivity contribution in [1.29, 1.82) is 0 Å². The molecule has 4 heteroatoms. The van der Waals surface area contributed by atoms with E-state index in [4.69, 9.17) is 13.6 Å². The lowest BCUT2D eigenvalue weighted by molar-refractivity contribution is 0.411. The van der Waals surface area contributed by atoms with Crippen LogP contribution < -0.4 is 10.4 Å². The predicted octanol–water partition coefficient (Wildman–Crippen LogP) is 2.55. The van der Waals surface area contributed by atoms with E-state index in [0.717, 1.165) is 10.8 Å². The van der Waals surface area contributed by atoms with E-state index in [9.17, 15) is 4.79 Å². The summed E-state index contributed by atoms with van der Waals surface area (Å²) in [4.78, 5) is 11.2. The van der Waals surface area contributed by atoms with Crippen molar-refractivity contribution in [3.8, 4) is 5.75 Å². The minimum atomic E-state index is -0.395. The van der Waals surface area contributed by atoms with Gasteiger partial charge < -0.3 is 13.6 Å². The molecule has 0 saturated heterocycles. The van der Waals surface area contributed by atoms with Gasteiger partial charge in [-0.15, -0.1) is 0 Å². The summed E-state index contributed by atoms with van der Waals surface area (Å²) in [6.45, 7) is 0. The molecule has 2 aromatic heterocycles. The van der Waals surface area contributed by atoms with Crippen LogP contribution in [0.5, 0.6) is 5.75 Å². The quantitative estimate of drug-likeness (QED) is 0.586. The molecule has 4 nitrogen and oxygen atoms in total. The SMILES string of the molecule is COc1c2ccoc2cc2ccc(=O)oc12. The zero-order chi connectivity index (χ0) is 11.1. The highest BCUT2D eigenvalue weighted by molar-refractivity contribution is 6.00. The van der Waals surface area contributed by atoms with Crippen molar-refractivity contribution in [2.24, 2.45) is 0 Å². The molecule has 0 bridgehead atoms. The first-order chi connectivity index (χ1) is 7.79. The van der Waals surface area contributed by atoms with Crippen molar-refractivity contribution in [2.45, 2.75) is 0 Å². The Hall–Kier alpha value is -2.23. The maximum absolute atomic E-state index is 11.2. The van der Waals surface area contributed by atoms with Crippen LogP contribution in [0.3, 0.4) is 0 Å². The first-order valence-corrected chi connectivity index (χ1v) is 4.77. The third-order valence-electron chi connectivity index (χ3n) is 2.50. The fourth-order valence-electron chi connectivity index (χ4n) is 1.80. The van der Waals surface area contributed by atoms with Gasteiger partial charge in [-0.2, -0.15) is 0 Å². The first-order valence-electron chi connectivity index (χ1n) is 4.77. The van der Waals surface area contributed by atoms with Crippen LogP contribution in [-0.2, 0) is 0 Å². The minimum Gasteiger partial charge on any atom is -0.492 e. The highest BCUT2D eigenvalue weighted by Crippen LogP contribution is 2.34. The first kappa shape index (κ1) is 9.03. The second kappa shape index (κ2) is 3.13. The third-order valence-corrected chi connectivity index (χ3v) is 2.50. The number of furan rings is 1. The summed E-state index contributed by atoms with van der Waals surface area (Å²) in [6.07, 6.45) is 1.57. The molecule has 0 aliphatic rings. The lowest BCUT2D eigenvalue weighted by Crippen LogP contribution is -1.96. The minimum absolute atomic E-state index is 0.395. The third kappa shape index (κ3) is 1.13. The molecule has 0 aliphatic carbocycles. The molecule has 0 aliphatic heterocycles. The molecule has 0 saturated carbocycles. The van der Waals surface area contributed by atoms with Crippen molar-refractivity contribution in [3.05, 3.63) is 40.9 Å². The van der Waals surface area contributed by atoms with Crippen LogP contribution in [0.4, 0.5) is 0 Å². The summed E-state index contributed by atoms with van der Waals surface area (Å²) >= 11 is 0. The molecule has 16 heavy (non-hydrogen) atoms. The Morgan fingerprint density at radius 3 is 2.94 bits per heavy atom. The molecule has 0 N–H and O–H groups in total. The van der Waals surface area contributed by atoms with Crippen molar-refractivity contribution < 1.29 is 13.6 Å². The van der Waals surface area contributed by atoms with Crippen LogP contribution in [0, 0.1) is 0 Å². The summed E-state index contributed by atoms with van der Waals surface area (Å²) in [7, 11) is 1.54. The van der Waals surface area contributed by atoms with E-state index in [1.165, 1.54) is 13.2 Å². The average molecular weight is 216 g/mol. The van der Waals surface area contributed by atoms with Crippen LogP contribution in [0.1, 0.15) is 0 Å². The Labute approximate surface area is 90.0 Å². The standard InChI is InChI=1S/C12H8O4/c1-14-12-8-4-5-15-9(8)6-7-2-3-10(13)16-11(7)12/h2-6H,1H3. The second-order valence-electron chi connectivity index (χ2n) is 3.42. The molecule has 3 aromatic rings. The zero-order valence-electron chi connectivity index (χ0n) is 8.52. The fourth-order valence-corrected chi connectivity index (χ4v) is 1.80. The van der Waals surface area contributed by atoms with Gasteiger partial charge in [-0.1, -0.05) is 0 Å². The summed E-state index contributed by atoms with van der Waals surface area (Å²) in [5, 5.41) is 1.57. The van der Waals surface area contributed by atoms with Gasteiger partial charge in [0.05, 0.1) is 18.8 Å². The van der Waals surface area contributed by atoms with Crippen LogP contribution >= 0.6 is 0 Å². The van der Waals surface area contributed by atoms with Crippen LogP contribution in [0.25, 0.3) is 21.9 Å². The lowest BCUT2D eigenvalue weighted by atomic mass is 10.1. The Morgan fingerprint density at radius 2 is 2.12 bits per heavy atom. The number of methoxy groups -OCH3 is 1. The summed E-state index contributed by atoms with van der Waals surface area (Å²) in [5.74, 6) is 0.527. The van der Waals surface area contributed by atoms with Crippen molar-refractivity contribution in [3.63, 3.8) is 0 Å². The molecular formula is C12H8O4. The topological polar surface area (TPSA) is 52.6 Å². The largest absolute Gasteiger partial charge is 0.492 e. The second-order valence-corrected chi connectivity index (χ2v) is 3.42. The number of fused-ring (bicyclic) bond motifs is 2. The number of ether oxygens (including phenoxy) is 1. The molecule has 0 unspecified atom stereocenters. The monoisotopic (exact) mass is 216 g/mol. The predicted molar refractivity (Wildman–Crippen MR) is 58.8 cm³/mol. The highest BCUT2D eigenvalue weighted by Gasteiger charge is 2.12. The van der Waals surface area contributed by atoms with Gasteiger partial charge in [0, 0.05) is 11.5 Å². The van der Waals surface area contributed by atoms with E-state index in [0.29, 0.717) is 16.9 Å². The molecule has 0 spiro atoms. The number of hydrogen-bond donors (Lipinski definition) is 0. The molecule has 0 radical (unpaired) electrons. The smallest absolute Gasteiger partial charge is 0.336 e. The van der Waals surface area contributed by atoms with E-state index in [1.54, 1.807) is 18.4 Å². The van der Waals surface area contributed by atoms with Gasteiger partial charge in [0.2, 0.25) is 0 Å². The van der Waals surface area contributed by atoms with Crippen molar-refractivity contribution >= 4 is 21.9 Å². The fraction of sp³-hybridized carbons (Fsp3) is 0.0833. The Morgan fingerprint density at radius 1 is 1.25 bits per heavy atom. The van der Waals surface area contributed by atoms with Gasteiger partial charge in [-0.25, -0.2) is 4.79 Å². The van der Waals surface area contributed by atoms with Gasteiger partial charge in [-0.05, 0) is 18.2 Å². The van der Waals surface area contributed by atoms with Crippen LogP contribution in [0.2, 0.25) is 0 Å². The van der Waals surface area contributed by atoms with E-state index in [2.05, 4.69) is 0 Å². The molecule has 0 amide bonds. The number of hydrogen-bond acceptors (Lipinski definition) is 4. The van der Waals surface area contributed by atoms with Crippen molar-refractivity contribution in [2.75, 3.05) is 7.11 Å². The van der Waals surface area contributed by atoms with Gasteiger partial charge >= 0.3 is 5.63 Å². The highest BCUT2D eigenvalue weighted by atomic mass is 16.5. The molecule has 2 heterocycles. The summed E-state index contributed by atoms with van der Waals surface area (Å²) in [6, 6.07) is 6.65. The maximum Gasteiger partial charge on any atom is 0.336 e. The summed E-state index contributed by atoms with van der Waals surface area (Å²) < 4.78 is 15.7. The van der Waals surface area contributed by atoms with Gasteiger partial charge in [0.1, 0.15) is 5.58 Å². The normalized spacial score (nSPS) is 11.1. The lowest BCUT2D eigenvalue weighted by Gasteiger charge is -2.04. The van der Waals surface area contributed by atoms with Gasteiger partial charge in [0.25, 0.3) is 0 Å². The molecule has 0 fully saturated rings. The number of rotatable bonds is 1. The molecular weight excluding hydrogens is 208 g/mol. The van der Waals surface area contributed by atoms with Gasteiger partial charge in [0.15, 0.2) is 11.3 Å². The molecule has 1 aromatic carbocycles. The van der Waals surface area contributed by atoms with Crippen LogP contribution in [0.15, 0.2) is 44.2 Å².